The first-order chi connectivity index (χ1) is 8.24. The number of amides is 1. The zero-order valence-electron chi connectivity index (χ0n) is 11.6. The summed E-state index contributed by atoms with van der Waals surface area (Å²) in [5, 5.41) is 9.03. The maximum Gasteiger partial charge on any atom is 0.410 e. The van der Waals surface area contributed by atoms with Gasteiger partial charge in [0.1, 0.15) is 5.60 Å². The molecule has 1 saturated heterocycles. The number of carbonyl (C=O) groups excluding carboxylic acids is 1. The Morgan fingerprint density at radius 3 is 2.44 bits per heavy atom. The van der Waals surface area contributed by atoms with Gasteiger partial charge in [0.05, 0.1) is 5.92 Å². The lowest BCUT2D eigenvalue weighted by Crippen LogP contribution is -2.48. The second kappa shape index (κ2) is 5.59. The molecule has 18 heavy (non-hydrogen) atoms. The molecule has 1 N–H and O–H groups in total. The summed E-state index contributed by atoms with van der Waals surface area (Å²) < 4.78 is 5.34. The van der Waals surface area contributed by atoms with E-state index in [1.807, 2.05) is 27.7 Å². The Morgan fingerprint density at radius 1 is 1.39 bits per heavy atom. The third kappa shape index (κ3) is 3.89. The predicted octanol–water partition coefficient (Wildman–Crippen LogP) is 2.50. The lowest BCUT2D eigenvalue weighted by atomic mass is 9.90. The van der Waals surface area contributed by atoms with Crippen LogP contribution in [0, 0.1) is 5.92 Å². The lowest BCUT2D eigenvalue weighted by molar-refractivity contribution is -0.144. The fraction of sp³-hybridized carbons (Fsp3) is 0.846. The zero-order valence-corrected chi connectivity index (χ0v) is 11.6. The highest BCUT2D eigenvalue weighted by atomic mass is 16.6. The van der Waals surface area contributed by atoms with Crippen LogP contribution in [0.5, 0.6) is 0 Å². The van der Waals surface area contributed by atoms with Crippen molar-refractivity contribution in [3.63, 3.8) is 0 Å². The van der Waals surface area contributed by atoms with Gasteiger partial charge < -0.3 is 14.7 Å². The summed E-state index contributed by atoms with van der Waals surface area (Å²) in [6.45, 7) is 7.91. The van der Waals surface area contributed by atoms with Crippen LogP contribution in [-0.4, -0.2) is 40.3 Å². The normalized spacial score (nSPS) is 24.8. The first-order valence-corrected chi connectivity index (χ1v) is 6.47. The molecule has 2 atom stereocenters. The molecule has 5 heteroatoms. The van der Waals surface area contributed by atoms with Gasteiger partial charge in [-0.1, -0.05) is 6.92 Å². The van der Waals surface area contributed by atoms with Gasteiger partial charge in [-0.05, 0) is 40.0 Å². The summed E-state index contributed by atoms with van der Waals surface area (Å²) >= 11 is 0. The van der Waals surface area contributed by atoms with Crippen LogP contribution < -0.4 is 0 Å². The minimum absolute atomic E-state index is 0.0327. The predicted molar refractivity (Wildman–Crippen MR) is 67.4 cm³/mol. The van der Waals surface area contributed by atoms with Crippen LogP contribution in [0.2, 0.25) is 0 Å². The van der Waals surface area contributed by atoms with Gasteiger partial charge in [-0.25, -0.2) is 4.79 Å². The van der Waals surface area contributed by atoms with Gasteiger partial charge in [0.25, 0.3) is 0 Å². The second-order valence-electron chi connectivity index (χ2n) is 5.80. The number of carbonyl (C=O) groups is 2. The smallest absolute Gasteiger partial charge is 0.410 e. The van der Waals surface area contributed by atoms with Crippen LogP contribution >= 0.6 is 0 Å². The van der Waals surface area contributed by atoms with E-state index in [4.69, 9.17) is 9.84 Å². The summed E-state index contributed by atoms with van der Waals surface area (Å²) in [6.07, 6.45) is 1.44. The number of carboxylic acids is 1. The zero-order chi connectivity index (χ0) is 13.9. The molecule has 1 fully saturated rings. The van der Waals surface area contributed by atoms with Gasteiger partial charge in [-0.3, -0.25) is 4.79 Å². The number of ether oxygens (including phenoxy) is 1. The van der Waals surface area contributed by atoms with Gasteiger partial charge >= 0.3 is 12.1 Å². The summed E-state index contributed by atoms with van der Waals surface area (Å²) in [5.41, 5.74) is -0.515. The third-order valence-corrected chi connectivity index (χ3v) is 3.16. The Hall–Kier alpha value is -1.26. The molecular formula is C13H23NO4. The quantitative estimate of drug-likeness (QED) is 0.825. The van der Waals surface area contributed by atoms with Crippen LogP contribution in [0.15, 0.2) is 0 Å². The molecule has 0 radical (unpaired) electrons. The van der Waals surface area contributed by atoms with Crippen molar-refractivity contribution in [2.24, 2.45) is 5.92 Å². The van der Waals surface area contributed by atoms with E-state index in [9.17, 15) is 9.59 Å². The fourth-order valence-corrected chi connectivity index (χ4v) is 2.22. The highest BCUT2D eigenvalue weighted by Crippen LogP contribution is 2.26. The monoisotopic (exact) mass is 257 g/mol. The molecule has 104 valence electrons. The summed E-state index contributed by atoms with van der Waals surface area (Å²) in [5.74, 6) is -1.11. The van der Waals surface area contributed by atoms with Crippen molar-refractivity contribution in [2.45, 2.75) is 58.6 Å². The molecule has 1 heterocycles. The van der Waals surface area contributed by atoms with Crippen molar-refractivity contribution in [3.8, 4) is 0 Å². The minimum Gasteiger partial charge on any atom is -0.481 e. The average molecular weight is 257 g/mol. The maximum atomic E-state index is 12.0. The fourth-order valence-electron chi connectivity index (χ4n) is 2.22. The molecular weight excluding hydrogens is 234 g/mol. The van der Waals surface area contributed by atoms with Crippen molar-refractivity contribution in [2.75, 3.05) is 6.54 Å². The highest BCUT2D eigenvalue weighted by Gasteiger charge is 2.35. The lowest BCUT2D eigenvalue weighted by Gasteiger charge is -2.38. The van der Waals surface area contributed by atoms with E-state index in [-0.39, 0.29) is 18.1 Å². The Morgan fingerprint density at radius 2 is 2.00 bits per heavy atom. The number of carboxylic acid groups (broad SMARTS) is 1. The van der Waals surface area contributed by atoms with Crippen LogP contribution in [0.3, 0.4) is 0 Å². The first kappa shape index (κ1) is 14.8. The van der Waals surface area contributed by atoms with Crippen molar-refractivity contribution in [3.05, 3.63) is 0 Å². The molecule has 5 nitrogen and oxygen atoms in total. The molecule has 0 spiro atoms. The van der Waals surface area contributed by atoms with Crippen LogP contribution in [0.1, 0.15) is 47.0 Å². The molecule has 1 amide bonds. The topological polar surface area (TPSA) is 66.8 Å². The minimum atomic E-state index is -0.766. The van der Waals surface area contributed by atoms with Gasteiger partial charge in [0.2, 0.25) is 0 Å². The van der Waals surface area contributed by atoms with E-state index in [1.165, 1.54) is 0 Å². The SMILES string of the molecule is CCC1CC(C(=O)O)CCN1C(=O)OC(C)(C)C. The van der Waals surface area contributed by atoms with Crippen molar-refractivity contribution < 1.29 is 19.4 Å². The number of likely N-dealkylation sites (tertiary alicyclic amines) is 1. The largest absolute Gasteiger partial charge is 0.481 e. The average Bonchev–Trinajstić information content (AvgIpc) is 2.25. The Bertz CT molecular complexity index is 321. The van der Waals surface area contributed by atoms with Gasteiger partial charge in [-0.15, -0.1) is 0 Å². The summed E-state index contributed by atoms with van der Waals surface area (Å²) in [4.78, 5) is 24.7. The number of nitrogens with zero attached hydrogens (tertiary/aromatic N) is 1. The van der Waals surface area contributed by atoms with E-state index in [0.717, 1.165) is 6.42 Å². The third-order valence-electron chi connectivity index (χ3n) is 3.16. The van der Waals surface area contributed by atoms with Crippen molar-refractivity contribution >= 4 is 12.1 Å². The van der Waals surface area contributed by atoms with E-state index in [1.54, 1.807) is 4.90 Å². The standard InChI is InChI=1S/C13H23NO4/c1-5-10-8-9(11(15)16)6-7-14(10)12(17)18-13(2,3)4/h9-10H,5-8H2,1-4H3,(H,15,16). The van der Waals surface area contributed by atoms with E-state index in [2.05, 4.69) is 0 Å². The number of piperidine rings is 1. The Kier molecular flexibility index (Phi) is 4.59. The van der Waals surface area contributed by atoms with Crippen molar-refractivity contribution in [1.29, 1.82) is 0 Å². The first-order valence-electron chi connectivity index (χ1n) is 6.47. The van der Waals surface area contributed by atoms with Crippen LogP contribution in [0.25, 0.3) is 0 Å². The highest BCUT2D eigenvalue weighted by molar-refractivity contribution is 5.72. The molecule has 1 rings (SSSR count). The van der Waals surface area contributed by atoms with E-state index >= 15 is 0 Å². The van der Waals surface area contributed by atoms with E-state index < -0.39 is 11.6 Å². The molecule has 0 aliphatic carbocycles. The molecule has 0 aromatic rings. The molecule has 0 aromatic carbocycles. The second-order valence-corrected chi connectivity index (χ2v) is 5.80. The van der Waals surface area contributed by atoms with Gasteiger partial charge in [0, 0.05) is 12.6 Å². The summed E-state index contributed by atoms with van der Waals surface area (Å²) in [7, 11) is 0. The van der Waals surface area contributed by atoms with E-state index in [0.29, 0.717) is 19.4 Å². The number of aliphatic carboxylic acids is 1. The van der Waals surface area contributed by atoms with Crippen molar-refractivity contribution in [1.82, 2.24) is 4.90 Å². The molecule has 0 aromatic heterocycles. The molecule has 0 saturated carbocycles. The van der Waals surface area contributed by atoms with Crippen LogP contribution in [-0.2, 0) is 9.53 Å². The Labute approximate surface area is 108 Å². The molecule has 0 bridgehead atoms. The van der Waals surface area contributed by atoms with Gasteiger partial charge in [0.15, 0.2) is 0 Å². The Balaban J connectivity index is 2.67. The van der Waals surface area contributed by atoms with Gasteiger partial charge in [-0.2, -0.15) is 0 Å². The number of hydrogen-bond acceptors (Lipinski definition) is 3. The number of rotatable bonds is 2. The maximum absolute atomic E-state index is 12.0. The summed E-state index contributed by atoms with van der Waals surface area (Å²) in [6, 6.07) is -0.0327. The number of hydrogen-bond donors (Lipinski definition) is 1. The molecule has 2 unspecified atom stereocenters. The van der Waals surface area contributed by atoms with Crippen LogP contribution in [0.4, 0.5) is 4.79 Å². The molecule has 1 aliphatic rings. The molecule has 1 aliphatic heterocycles.